The molecule has 0 aliphatic carbocycles. The molecule has 2 N–H and O–H groups in total. The molecule has 2 atom stereocenters. The molecule has 0 aromatic carbocycles. The van der Waals surface area contributed by atoms with E-state index in [-0.39, 0.29) is 22.9 Å². The lowest BCUT2D eigenvalue weighted by Crippen LogP contribution is -2.30. The molecule has 6 nitrogen and oxygen atoms in total. The number of nitrogens with zero attached hydrogens (tertiary/aromatic N) is 2. The van der Waals surface area contributed by atoms with Gasteiger partial charge < -0.3 is 14.9 Å². The minimum Gasteiger partial charge on any atom is -0.464 e. The third-order valence-electron chi connectivity index (χ3n) is 2.14. The molecule has 2 unspecified atom stereocenters. The van der Waals surface area contributed by atoms with Gasteiger partial charge in [0.25, 0.3) is 0 Å². The van der Waals surface area contributed by atoms with E-state index in [0.29, 0.717) is 0 Å². The van der Waals surface area contributed by atoms with Crippen LogP contribution in [0.15, 0.2) is 12.3 Å². The second kappa shape index (κ2) is 6.31. The molecule has 0 spiro atoms. The quantitative estimate of drug-likeness (QED) is 0.612. The first-order valence-electron chi connectivity index (χ1n) is 5.09. The maximum Gasteiger partial charge on any atom is 0.338 e. The van der Waals surface area contributed by atoms with Crippen molar-refractivity contribution in [2.75, 3.05) is 6.61 Å². The number of pyridine rings is 1. The summed E-state index contributed by atoms with van der Waals surface area (Å²) in [6.45, 7) is 1.65. The zero-order valence-corrected chi connectivity index (χ0v) is 10.3. The van der Waals surface area contributed by atoms with E-state index in [1.807, 2.05) is 6.07 Å². The third-order valence-corrected chi connectivity index (χ3v) is 2.46. The fourth-order valence-corrected chi connectivity index (χ4v) is 1.48. The number of carbonyl (C=O) groups is 1. The highest BCUT2D eigenvalue weighted by Crippen LogP contribution is 2.25. The molecule has 0 saturated heterocycles. The molecule has 0 bridgehead atoms. The summed E-state index contributed by atoms with van der Waals surface area (Å²) in [5.41, 5.74) is 0.153. The molecular formula is C11H11ClN2O4. The summed E-state index contributed by atoms with van der Waals surface area (Å²) in [5.74, 6) is -0.969. The number of hydrogen-bond donors (Lipinski definition) is 2. The van der Waals surface area contributed by atoms with Crippen LogP contribution in [-0.2, 0) is 9.53 Å². The van der Waals surface area contributed by atoms with Gasteiger partial charge in [0.05, 0.1) is 12.2 Å². The van der Waals surface area contributed by atoms with Crippen molar-refractivity contribution >= 4 is 17.6 Å². The van der Waals surface area contributed by atoms with Crippen LogP contribution in [0.4, 0.5) is 0 Å². The average molecular weight is 271 g/mol. The summed E-state index contributed by atoms with van der Waals surface area (Å²) in [6, 6.07) is 3.07. The fraction of sp³-hybridized carbons (Fsp3) is 0.364. The van der Waals surface area contributed by atoms with Crippen molar-refractivity contribution in [1.82, 2.24) is 4.98 Å². The molecule has 96 valence electrons. The van der Waals surface area contributed by atoms with Crippen molar-refractivity contribution in [2.45, 2.75) is 19.1 Å². The van der Waals surface area contributed by atoms with E-state index < -0.39 is 18.2 Å². The molecule has 18 heavy (non-hydrogen) atoms. The van der Waals surface area contributed by atoms with Crippen molar-refractivity contribution in [3.05, 3.63) is 28.5 Å². The Hall–Kier alpha value is -1.68. The predicted molar refractivity (Wildman–Crippen MR) is 61.6 cm³/mol. The van der Waals surface area contributed by atoms with Crippen LogP contribution in [0, 0.1) is 11.3 Å². The number of aromatic nitrogens is 1. The smallest absolute Gasteiger partial charge is 0.338 e. The van der Waals surface area contributed by atoms with Crippen molar-refractivity contribution < 1.29 is 19.7 Å². The molecule has 0 radical (unpaired) electrons. The summed E-state index contributed by atoms with van der Waals surface area (Å²) in [4.78, 5) is 14.9. The number of halogens is 1. The maximum absolute atomic E-state index is 11.3. The molecule has 0 aliphatic heterocycles. The van der Waals surface area contributed by atoms with E-state index in [2.05, 4.69) is 9.72 Å². The molecule has 1 heterocycles. The number of aliphatic hydroxyl groups excluding tert-OH is 2. The SMILES string of the molecule is CCOC(=O)C(O)C(O)c1cc(C#N)cnc1Cl. The van der Waals surface area contributed by atoms with Crippen LogP contribution in [0.3, 0.4) is 0 Å². The van der Waals surface area contributed by atoms with E-state index in [4.69, 9.17) is 16.9 Å². The molecule has 7 heteroatoms. The summed E-state index contributed by atoms with van der Waals surface area (Å²) in [7, 11) is 0. The van der Waals surface area contributed by atoms with Gasteiger partial charge in [-0.15, -0.1) is 0 Å². The predicted octanol–water partition coefficient (Wildman–Crippen LogP) is 0.564. The standard InChI is InChI=1S/C11H11ClN2O4/c1-2-18-11(17)9(16)8(15)7-3-6(4-13)5-14-10(7)12/h3,5,8-9,15-16H,2H2,1H3. The lowest BCUT2D eigenvalue weighted by atomic mass is 10.1. The summed E-state index contributed by atoms with van der Waals surface area (Å²) in [5, 5.41) is 28.0. The Bertz CT molecular complexity index is 486. The molecule has 1 aromatic heterocycles. The second-order valence-electron chi connectivity index (χ2n) is 3.36. The van der Waals surface area contributed by atoms with Crippen molar-refractivity contribution in [1.29, 1.82) is 5.26 Å². The number of nitriles is 1. The molecule has 0 aliphatic rings. The Morgan fingerprint density at radius 3 is 2.89 bits per heavy atom. The minimum atomic E-state index is -1.78. The topological polar surface area (TPSA) is 103 Å². The van der Waals surface area contributed by atoms with Gasteiger partial charge in [0, 0.05) is 11.8 Å². The Morgan fingerprint density at radius 1 is 1.67 bits per heavy atom. The van der Waals surface area contributed by atoms with Crippen molar-refractivity contribution in [3.8, 4) is 6.07 Å². The Balaban J connectivity index is 2.99. The van der Waals surface area contributed by atoms with Crippen LogP contribution in [0.25, 0.3) is 0 Å². The zero-order valence-electron chi connectivity index (χ0n) is 9.50. The maximum atomic E-state index is 11.3. The Labute approximate surface area is 108 Å². The van der Waals surface area contributed by atoms with Crippen LogP contribution in [0.1, 0.15) is 24.2 Å². The van der Waals surface area contributed by atoms with Crippen LogP contribution in [0.5, 0.6) is 0 Å². The second-order valence-corrected chi connectivity index (χ2v) is 3.72. The third kappa shape index (κ3) is 3.17. The number of ether oxygens (including phenoxy) is 1. The van der Waals surface area contributed by atoms with Gasteiger partial charge in [-0.05, 0) is 13.0 Å². The Morgan fingerprint density at radius 2 is 2.33 bits per heavy atom. The normalized spacial score (nSPS) is 13.5. The Kier molecular flexibility index (Phi) is 5.04. The lowest BCUT2D eigenvalue weighted by molar-refractivity contribution is -0.159. The number of esters is 1. The first-order chi connectivity index (χ1) is 8.51. The van der Waals surface area contributed by atoms with E-state index >= 15 is 0 Å². The minimum absolute atomic E-state index is 0.00345. The molecule has 1 aromatic rings. The van der Waals surface area contributed by atoms with E-state index in [1.165, 1.54) is 12.3 Å². The average Bonchev–Trinajstić information content (AvgIpc) is 2.38. The molecule has 0 saturated carbocycles. The number of hydrogen-bond acceptors (Lipinski definition) is 6. The molecule has 1 rings (SSSR count). The molecular weight excluding hydrogens is 260 g/mol. The van der Waals surface area contributed by atoms with Crippen LogP contribution in [-0.4, -0.2) is 33.9 Å². The van der Waals surface area contributed by atoms with Gasteiger partial charge in [0.15, 0.2) is 6.10 Å². The summed E-state index contributed by atoms with van der Waals surface area (Å²) < 4.78 is 4.57. The number of rotatable bonds is 4. The highest BCUT2D eigenvalue weighted by Gasteiger charge is 2.29. The van der Waals surface area contributed by atoms with Gasteiger partial charge in [-0.2, -0.15) is 5.26 Å². The molecule has 0 amide bonds. The van der Waals surface area contributed by atoms with Gasteiger partial charge >= 0.3 is 5.97 Å². The summed E-state index contributed by atoms with van der Waals surface area (Å²) >= 11 is 5.73. The summed E-state index contributed by atoms with van der Waals surface area (Å²) in [6.07, 6.45) is -2.16. The van der Waals surface area contributed by atoms with Crippen LogP contribution in [0.2, 0.25) is 5.15 Å². The van der Waals surface area contributed by atoms with Crippen molar-refractivity contribution in [3.63, 3.8) is 0 Å². The molecule has 0 fully saturated rings. The number of carbonyl (C=O) groups excluding carboxylic acids is 1. The van der Waals surface area contributed by atoms with Gasteiger partial charge in [-0.25, -0.2) is 9.78 Å². The van der Waals surface area contributed by atoms with Crippen LogP contribution >= 0.6 is 11.6 Å². The highest BCUT2D eigenvalue weighted by atomic mass is 35.5. The highest BCUT2D eigenvalue weighted by molar-refractivity contribution is 6.30. The first kappa shape index (κ1) is 14.4. The fourth-order valence-electron chi connectivity index (χ4n) is 1.26. The monoisotopic (exact) mass is 270 g/mol. The largest absolute Gasteiger partial charge is 0.464 e. The van der Waals surface area contributed by atoms with Crippen molar-refractivity contribution in [2.24, 2.45) is 0 Å². The van der Waals surface area contributed by atoms with Gasteiger partial charge in [0.1, 0.15) is 17.3 Å². The number of aliphatic hydroxyl groups is 2. The van der Waals surface area contributed by atoms with Gasteiger partial charge in [-0.1, -0.05) is 11.6 Å². The van der Waals surface area contributed by atoms with Gasteiger partial charge in [-0.3, -0.25) is 0 Å². The lowest BCUT2D eigenvalue weighted by Gasteiger charge is -2.17. The van der Waals surface area contributed by atoms with E-state index in [1.54, 1.807) is 6.92 Å². The van der Waals surface area contributed by atoms with Gasteiger partial charge in [0.2, 0.25) is 0 Å². The van der Waals surface area contributed by atoms with E-state index in [9.17, 15) is 15.0 Å². The first-order valence-corrected chi connectivity index (χ1v) is 5.47. The zero-order chi connectivity index (χ0) is 13.7. The van der Waals surface area contributed by atoms with Crippen LogP contribution < -0.4 is 0 Å². The van der Waals surface area contributed by atoms with E-state index in [0.717, 1.165) is 0 Å².